The Hall–Kier alpha value is -4.73. The molecule has 0 fully saturated rings. The molecule has 6 aromatic rings. The summed E-state index contributed by atoms with van der Waals surface area (Å²) in [6.07, 6.45) is 0. The number of carbonyl (C=O) groups is 2. The molecule has 0 aliphatic heterocycles. The van der Waals surface area contributed by atoms with E-state index >= 15 is 0 Å². The quantitative estimate of drug-likeness (QED) is 0.0988. The number of amides is 2. The van der Waals surface area contributed by atoms with Gasteiger partial charge in [-0.3, -0.25) is 9.59 Å². The average molecular weight is 777 g/mol. The molecule has 0 aliphatic rings. The zero-order valence-corrected chi connectivity index (χ0v) is 32.0. The Balaban J connectivity index is 0.000000260. The molecule has 0 saturated heterocycles. The van der Waals surface area contributed by atoms with Gasteiger partial charge in [0.1, 0.15) is 11.4 Å². The maximum absolute atomic E-state index is 12.0. The molecule has 0 spiro atoms. The molecule has 0 atom stereocenters. The molecule has 0 aromatic heterocycles. The van der Waals surface area contributed by atoms with Crippen LogP contribution in [0, 0.1) is 26.0 Å². The van der Waals surface area contributed by atoms with Gasteiger partial charge in [-0.2, -0.15) is 57.8 Å². The van der Waals surface area contributed by atoms with Gasteiger partial charge in [0.2, 0.25) is 0 Å². The van der Waals surface area contributed by atoms with Crippen LogP contribution < -0.4 is 10.6 Å². The maximum Gasteiger partial charge on any atom is 0.254 e. The van der Waals surface area contributed by atoms with Gasteiger partial charge in [-0.05, 0) is 34.3 Å². The number of carbonyl (C=O) groups excluding carboxylic acids is 2. The minimum atomic E-state index is -0.378. The van der Waals surface area contributed by atoms with Crippen molar-refractivity contribution in [1.82, 2.24) is 10.6 Å². The van der Waals surface area contributed by atoms with Gasteiger partial charge in [-0.15, -0.1) is 22.4 Å². The molecular weight excluding hydrogens is 744 g/mol. The molecule has 4 N–H and O–H groups in total. The van der Waals surface area contributed by atoms with Gasteiger partial charge in [0, 0.05) is 76.1 Å². The second-order valence-electron chi connectivity index (χ2n) is 10.7. The van der Waals surface area contributed by atoms with Gasteiger partial charge in [0.05, 0.1) is 11.1 Å². The Kier molecular flexibility index (Phi) is 14.5. The maximum atomic E-state index is 12.0. The van der Waals surface area contributed by atoms with Crippen LogP contribution in [0.4, 0.5) is 22.7 Å². The molecule has 0 bridgehead atoms. The van der Waals surface area contributed by atoms with Crippen LogP contribution in [0.5, 0.6) is 11.5 Å². The van der Waals surface area contributed by atoms with Gasteiger partial charge in [0.25, 0.3) is 11.8 Å². The van der Waals surface area contributed by atoms with Crippen molar-refractivity contribution in [1.29, 1.82) is 0 Å². The van der Waals surface area contributed by atoms with Crippen molar-refractivity contribution < 1.29 is 71.1 Å². The standard InChI is InChI=1S/2C19H16N3O2.V.Y/c2*1-12-6-5-8-14(10-12)21-22-17-15-9-4-3-7-13(15)11-16(18(17)23)19(24)20-2;;/h2*3-7,9-11,23H,1-2H3,(H,20,24);;/q2*-1;;. The van der Waals surface area contributed by atoms with Gasteiger partial charge >= 0.3 is 0 Å². The van der Waals surface area contributed by atoms with Crippen molar-refractivity contribution in [2.24, 2.45) is 20.5 Å². The van der Waals surface area contributed by atoms with Crippen LogP contribution in [0.1, 0.15) is 31.8 Å². The van der Waals surface area contributed by atoms with Crippen LogP contribution in [0.3, 0.4) is 0 Å². The number of aromatic hydroxyl groups is 2. The predicted molar refractivity (Wildman–Crippen MR) is 186 cm³/mol. The summed E-state index contributed by atoms with van der Waals surface area (Å²) in [4.78, 5) is 24.0. The molecule has 50 heavy (non-hydrogen) atoms. The number of phenols is 2. The third-order valence-corrected chi connectivity index (χ3v) is 7.33. The fraction of sp³-hybridized carbons (Fsp3) is 0.105. The largest absolute Gasteiger partial charge is 0.505 e. The van der Waals surface area contributed by atoms with Crippen molar-refractivity contribution in [2.75, 3.05) is 14.1 Å². The summed E-state index contributed by atoms with van der Waals surface area (Å²) >= 11 is 0. The van der Waals surface area contributed by atoms with Gasteiger partial charge < -0.3 is 20.8 Å². The van der Waals surface area contributed by atoms with Gasteiger partial charge in [0.15, 0.2) is 11.5 Å². The molecule has 0 heterocycles. The second kappa shape index (κ2) is 18.3. The molecule has 0 aliphatic carbocycles. The Morgan fingerprint density at radius 1 is 0.600 bits per heavy atom. The third kappa shape index (κ3) is 9.28. The Morgan fingerprint density at radius 2 is 0.980 bits per heavy atom. The summed E-state index contributed by atoms with van der Waals surface area (Å²) in [5, 5.41) is 45.8. The van der Waals surface area contributed by atoms with Crippen molar-refractivity contribution in [3.05, 3.63) is 131 Å². The van der Waals surface area contributed by atoms with E-state index in [1.807, 2.05) is 86.6 Å². The smallest absolute Gasteiger partial charge is 0.254 e. The first-order valence-corrected chi connectivity index (χ1v) is 14.9. The molecule has 2 amide bonds. The molecule has 12 heteroatoms. The number of azo groups is 2. The molecule has 10 nitrogen and oxygen atoms in total. The van der Waals surface area contributed by atoms with E-state index in [1.165, 1.54) is 14.1 Å². The molecule has 6 aromatic carbocycles. The topological polar surface area (TPSA) is 148 Å². The number of fused-ring (bicyclic) bond motifs is 2. The normalized spacial score (nSPS) is 10.6. The van der Waals surface area contributed by atoms with Crippen molar-refractivity contribution >= 4 is 56.1 Å². The number of nitrogens with zero attached hydrogens (tertiary/aromatic N) is 4. The monoisotopic (exact) mass is 776 g/mol. The van der Waals surface area contributed by atoms with Gasteiger partial charge in [-0.1, -0.05) is 62.4 Å². The van der Waals surface area contributed by atoms with Crippen LogP contribution >= 0.6 is 0 Å². The van der Waals surface area contributed by atoms with E-state index in [1.54, 1.807) is 24.3 Å². The van der Waals surface area contributed by atoms with Crippen LogP contribution in [0.25, 0.3) is 21.5 Å². The average Bonchev–Trinajstić information content (AvgIpc) is 3.10. The van der Waals surface area contributed by atoms with Crippen molar-refractivity contribution in [2.45, 2.75) is 13.8 Å². The fourth-order valence-electron chi connectivity index (χ4n) is 4.90. The summed E-state index contributed by atoms with van der Waals surface area (Å²) in [6, 6.07) is 35.1. The van der Waals surface area contributed by atoms with E-state index in [-0.39, 0.29) is 97.1 Å². The molecule has 2 radical (unpaired) electrons. The van der Waals surface area contributed by atoms with Crippen molar-refractivity contribution in [3.8, 4) is 11.5 Å². The van der Waals surface area contributed by atoms with E-state index in [4.69, 9.17) is 0 Å². The van der Waals surface area contributed by atoms with Crippen LogP contribution in [-0.4, -0.2) is 36.1 Å². The number of hydrogen-bond donors (Lipinski definition) is 4. The summed E-state index contributed by atoms with van der Waals surface area (Å²) in [5.41, 5.74) is 4.05. The number of phenolic OH excluding ortho intramolecular Hbond substituents is 2. The van der Waals surface area contributed by atoms with Crippen LogP contribution in [-0.2, 0) is 51.3 Å². The minimum Gasteiger partial charge on any atom is -0.505 e. The fourth-order valence-corrected chi connectivity index (χ4v) is 4.90. The van der Waals surface area contributed by atoms with E-state index < -0.39 is 0 Å². The van der Waals surface area contributed by atoms with Gasteiger partial charge in [-0.25, -0.2) is 0 Å². The Labute approximate surface area is 326 Å². The number of rotatable bonds is 6. The number of nitrogens with one attached hydrogen (secondary N) is 2. The molecule has 0 saturated carbocycles. The first-order valence-electron chi connectivity index (χ1n) is 14.9. The first kappa shape index (κ1) is 39.7. The predicted octanol–water partition coefficient (Wildman–Crippen LogP) is 8.85. The first-order chi connectivity index (χ1) is 23.2. The molecule has 6 rings (SSSR count). The molecule has 0 unspecified atom stereocenters. The number of benzene rings is 6. The van der Waals surface area contributed by atoms with E-state index in [2.05, 4.69) is 43.2 Å². The Bertz CT molecular complexity index is 2070. The van der Waals surface area contributed by atoms with E-state index in [0.717, 1.165) is 32.7 Å². The molecular formula is C38H32N6O4VY-2. The van der Waals surface area contributed by atoms with Crippen LogP contribution in [0.2, 0.25) is 0 Å². The number of hydrogen-bond acceptors (Lipinski definition) is 8. The van der Waals surface area contributed by atoms with Crippen molar-refractivity contribution in [3.63, 3.8) is 0 Å². The summed E-state index contributed by atoms with van der Waals surface area (Å²) in [5.74, 6) is -1.14. The molecule has 248 valence electrons. The minimum absolute atomic E-state index is 0. The zero-order valence-electron chi connectivity index (χ0n) is 27.8. The van der Waals surface area contributed by atoms with Crippen LogP contribution in [0.15, 0.2) is 118 Å². The summed E-state index contributed by atoms with van der Waals surface area (Å²) in [6.45, 7) is 3.90. The van der Waals surface area contributed by atoms with E-state index in [0.29, 0.717) is 11.4 Å². The third-order valence-electron chi connectivity index (χ3n) is 7.33. The number of aryl methyl sites for hydroxylation is 2. The SMILES string of the molecule is CNC(=O)c1cc2ccccc2c(N=Nc2[c-]ccc(C)c2)c1O.CNC(=O)c1cc2ccccc2c(N=Nc2[c-]ccc(C)c2)c1O.[V].[Y]. The summed E-state index contributed by atoms with van der Waals surface area (Å²) in [7, 11) is 3.03. The Morgan fingerprint density at radius 3 is 1.34 bits per heavy atom. The zero-order chi connectivity index (χ0) is 34.2. The second-order valence-corrected chi connectivity index (χ2v) is 10.7. The summed E-state index contributed by atoms with van der Waals surface area (Å²) < 4.78 is 0. The van der Waals surface area contributed by atoms with E-state index in [9.17, 15) is 19.8 Å².